The highest BCUT2D eigenvalue weighted by atomic mass is 16.5. The Morgan fingerprint density at radius 1 is 1.26 bits per heavy atom. The molecule has 1 aliphatic heterocycles. The van der Waals surface area contributed by atoms with E-state index in [0.29, 0.717) is 13.2 Å². The number of methoxy groups -OCH3 is 1. The van der Waals surface area contributed by atoms with Crippen LogP contribution in [0.2, 0.25) is 0 Å². The van der Waals surface area contributed by atoms with Crippen molar-refractivity contribution in [2.45, 2.75) is 38.2 Å². The predicted octanol–water partition coefficient (Wildman–Crippen LogP) is 2.85. The van der Waals surface area contributed by atoms with Crippen LogP contribution in [0.1, 0.15) is 24.2 Å². The summed E-state index contributed by atoms with van der Waals surface area (Å²) >= 11 is 0. The van der Waals surface area contributed by atoms with E-state index in [2.05, 4.69) is 17.0 Å². The van der Waals surface area contributed by atoms with E-state index in [9.17, 15) is 5.11 Å². The van der Waals surface area contributed by atoms with Gasteiger partial charge in [0.1, 0.15) is 18.1 Å². The Bertz CT molecular complexity index is 637. The lowest BCUT2D eigenvalue weighted by Crippen LogP contribution is -2.39. The Morgan fingerprint density at radius 3 is 2.78 bits per heavy atom. The van der Waals surface area contributed by atoms with Crippen molar-refractivity contribution in [1.82, 2.24) is 4.90 Å². The summed E-state index contributed by atoms with van der Waals surface area (Å²) in [5.41, 5.74) is 1.18. The van der Waals surface area contributed by atoms with Crippen LogP contribution in [0.4, 0.5) is 0 Å². The molecule has 6 heteroatoms. The number of ether oxygens (including phenoxy) is 3. The molecule has 2 aromatic rings. The van der Waals surface area contributed by atoms with Crippen molar-refractivity contribution in [3.8, 4) is 5.75 Å². The summed E-state index contributed by atoms with van der Waals surface area (Å²) in [6.45, 7) is 3.56. The molecule has 0 aliphatic carbocycles. The number of hydrogen-bond donors (Lipinski definition) is 1. The van der Waals surface area contributed by atoms with Crippen LogP contribution < -0.4 is 4.74 Å². The fraction of sp³-hybridized carbons (Fsp3) is 0.524. The Hall–Kier alpha value is -1.86. The lowest BCUT2D eigenvalue weighted by Gasteiger charge is -2.27. The third-order valence-electron chi connectivity index (χ3n) is 4.65. The molecule has 0 unspecified atom stereocenters. The molecule has 0 bridgehead atoms. The first-order valence-corrected chi connectivity index (χ1v) is 9.48. The van der Waals surface area contributed by atoms with Gasteiger partial charge in [-0.3, -0.25) is 4.90 Å². The summed E-state index contributed by atoms with van der Waals surface area (Å²) in [7, 11) is 1.66. The minimum Gasteiger partial charge on any atom is -0.497 e. The van der Waals surface area contributed by atoms with E-state index in [1.54, 1.807) is 13.4 Å². The first kappa shape index (κ1) is 19.9. The minimum absolute atomic E-state index is 0.236. The van der Waals surface area contributed by atoms with Crippen LogP contribution in [0.3, 0.4) is 0 Å². The van der Waals surface area contributed by atoms with Gasteiger partial charge in [-0.15, -0.1) is 0 Å². The van der Waals surface area contributed by atoms with Gasteiger partial charge < -0.3 is 23.7 Å². The zero-order chi connectivity index (χ0) is 18.9. The number of rotatable bonds is 11. The van der Waals surface area contributed by atoms with E-state index in [-0.39, 0.29) is 12.7 Å². The summed E-state index contributed by atoms with van der Waals surface area (Å²) in [4.78, 5) is 2.23. The fourth-order valence-electron chi connectivity index (χ4n) is 3.31. The van der Waals surface area contributed by atoms with Gasteiger partial charge in [0, 0.05) is 26.2 Å². The molecule has 0 amide bonds. The lowest BCUT2D eigenvalue weighted by atomic mass is 10.1. The minimum atomic E-state index is -0.570. The number of hydrogen-bond acceptors (Lipinski definition) is 6. The molecule has 1 saturated heterocycles. The topological polar surface area (TPSA) is 64.3 Å². The summed E-state index contributed by atoms with van der Waals surface area (Å²) in [6, 6.07) is 11.7. The molecule has 27 heavy (non-hydrogen) atoms. The van der Waals surface area contributed by atoms with E-state index >= 15 is 0 Å². The first-order chi connectivity index (χ1) is 13.2. The molecular weight excluding hydrogens is 346 g/mol. The highest BCUT2D eigenvalue weighted by Gasteiger charge is 2.21. The van der Waals surface area contributed by atoms with Crippen LogP contribution in [0, 0.1) is 0 Å². The molecular formula is C21H29NO5. The van der Waals surface area contributed by atoms with Crippen LogP contribution >= 0.6 is 0 Å². The molecule has 2 heterocycles. The maximum absolute atomic E-state index is 10.4. The third-order valence-corrected chi connectivity index (χ3v) is 4.65. The molecule has 1 aromatic heterocycles. The van der Waals surface area contributed by atoms with Crippen molar-refractivity contribution in [2.24, 2.45) is 0 Å². The second-order valence-electron chi connectivity index (χ2n) is 6.93. The molecule has 1 N–H and O–H groups in total. The molecule has 0 spiro atoms. The van der Waals surface area contributed by atoms with E-state index in [1.807, 2.05) is 24.3 Å². The van der Waals surface area contributed by atoms with Gasteiger partial charge in [0.2, 0.25) is 0 Å². The van der Waals surface area contributed by atoms with Gasteiger partial charge in [-0.05, 0) is 42.7 Å². The maximum atomic E-state index is 10.4. The zero-order valence-corrected chi connectivity index (χ0v) is 15.9. The number of aliphatic hydroxyl groups excluding tert-OH is 1. The summed E-state index contributed by atoms with van der Waals surface area (Å²) in [6.07, 6.45) is 3.46. The van der Waals surface area contributed by atoms with Crippen molar-refractivity contribution in [1.29, 1.82) is 0 Å². The Labute approximate surface area is 160 Å². The lowest BCUT2D eigenvalue weighted by molar-refractivity contribution is -0.00636. The Morgan fingerprint density at radius 2 is 2.11 bits per heavy atom. The van der Waals surface area contributed by atoms with Gasteiger partial charge in [-0.1, -0.05) is 12.1 Å². The first-order valence-electron chi connectivity index (χ1n) is 9.48. The van der Waals surface area contributed by atoms with Crippen molar-refractivity contribution in [2.75, 3.05) is 33.4 Å². The van der Waals surface area contributed by atoms with Crippen LogP contribution in [0.5, 0.6) is 5.75 Å². The van der Waals surface area contributed by atoms with E-state index in [4.69, 9.17) is 18.6 Å². The highest BCUT2D eigenvalue weighted by Crippen LogP contribution is 2.17. The molecule has 1 fully saturated rings. The Kier molecular flexibility index (Phi) is 7.71. The number of benzene rings is 1. The maximum Gasteiger partial charge on any atom is 0.129 e. The van der Waals surface area contributed by atoms with E-state index in [0.717, 1.165) is 44.0 Å². The van der Waals surface area contributed by atoms with Gasteiger partial charge in [0.05, 0.1) is 32.2 Å². The summed E-state index contributed by atoms with van der Waals surface area (Å²) in [5, 5.41) is 10.4. The molecule has 3 rings (SSSR count). The predicted molar refractivity (Wildman–Crippen MR) is 102 cm³/mol. The van der Waals surface area contributed by atoms with Crippen LogP contribution in [-0.2, 0) is 22.6 Å². The van der Waals surface area contributed by atoms with E-state index < -0.39 is 6.10 Å². The van der Waals surface area contributed by atoms with Crippen molar-refractivity contribution in [3.63, 3.8) is 0 Å². The van der Waals surface area contributed by atoms with E-state index in [1.165, 1.54) is 5.56 Å². The zero-order valence-electron chi connectivity index (χ0n) is 15.9. The van der Waals surface area contributed by atoms with Crippen molar-refractivity contribution < 1.29 is 23.7 Å². The van der Waals surface area contributed by atoms with Crippen LogP contribution in [0.25, 0.3) is 0 Å². The smallest absolute Gasteiger partial charge is 0.129 e. The van der Waals surface area contributed by atoms with Gasteiger partial charge >= 0.3 is 0 Å². The molecule has 0 radical (unpaired) electrons. The van der Waals surface area contributed by atoms with Gasteiger partial charge in [0.15, 0.2) is 0 Å². The quantitative estimate of drug-likeness (QED) is 0.652. The fourth-order valence-corrected chi connectivity index (χ4v) is 3.31. The summed E-state index contributed by atoms with van der Waals surface area (Å²) in [5.74, 6) is 1.60. The number of furan rings is 1. The molecule has 6 nitrogen and oxygen atoms in total. The van der Waals surface area contributed by atoms with Crippen molar-refractivity contribution in [3.05, 3.63) is 54.0 Å². The molecule has 0 saturated carbocycles. The van der Waals surface area contributed by atoms with Crippen LogP contribution in [-0.4, -0.2) is 55.6 Å². The van der Waals surface area contributed by atoms with Gasteiger partial charge in [0.25, 0.3) is 0 Å². The second kappa shape index (κ2) is 10.5. The average Bonchev–Trinajstić information content (AvgIpc) is 3.36. The number of aliphatic hydroxyl groups is 1. The Balaban J connectivity index is 1.51. The standard InChI is InChI=1S/C21H29NO5/c1-24-19-8-6-17(7-9-19)12-22(14-20-4-2-10-26-20)13-18(23)15-25-16-21-5-3-11-27-21/h3,5-9,11,18,20,23H,2,4,10,12-16H2,1H3/t18-,20+/m0/s1. The average molecular weight is 375 g/mol. The van der Waals surface area contributed by atoms with Gasteiger partial charge in [-0.25, -0.2) is 0 Å². The highest BCUT2D eigenvalue weighted by molar-refractivity contribution is 5.27. The largest absolute Gasteiger partial charge is 0.497 e. The van der Waals surface area contributed by atoms with Gasteiger partial charge in [-0.2, -0.15) is 0 Å². The second-order valence-corrected chi connectivity index (χ2v) is 6.93. The normalized spacial score (nSPS) is 18.1. The molecule has 1 aliphatic rings. The third kappa shape index (κ3) is 6.66. The molecule has 1 aromatic carbocycles. The SMILES string of the molecule is COc1ccc(CN(C[C@H](O)COCc2ccco2)C[C@H]2CCCO2)cc1. The van der Waals surface area contributed by atoms with Crippen molar-refractivity contribution >= 4 is 0 Å². The van der Waals surface area contributed by atoms with Crippen LogP contribution in [0.15, 0.2) is 47.1 Å². The summed E-state index contributed by atoms with van der Waals surface area (Å²) < 4.78 is 21.8. The number of nitrogens with zero attached hydrogens (tertiary/aromatic N) is 1. The monoisotopic (exact) mass is 375 g/mol. The molecule has 2 atom stereocenters. The molecule has 148 valence electrons.